The molecule has 1 spiro atoms. The van der Waals surface area contributed by atoms with Crippen LogP contribution in [0.5, 0.6) is 11.5 Å². The SMILES string of the molecule is CCC1CC(=O)C2Oc3c(O)ccc4c3[C@@]23CCN(CC2CCC2)[C@H](C4)[C@H]13. The average Bonchev–Trinajstić information content (AvgIpc) is 2.98. The molecule has 3 fully saturated rings. The van der Waals surface area contributed by atoms with Crippen molar-refractivity contribution >= 4 is 5.78 Å². The maximum Gasteiger partial charge on any atom is 0.174 e. The molecule has 2 unspecified atom stereocenters. The lowest BCUT2D eigenvalue weighted by Gasteiger charge is -2.60. The number of nitrogens with zero attached hydrogens (tertiary/aromatic N) is 1. The van der Waals surface area contributed by atoms with Gasteiger partial charge in [0.05, 0.1) is 0 Å². The van der Waals surface area contributed by atoms with Gasteiger partial charge in [0.15, 0.2) is 23.4 Å². The number of carbonyl (C=O) groups excluding carboxylic acids is 1. The molecule has 0 aromatic heterocycles. The molecular weight excluding hydrogens is 338 g/mol. The van der Waals surface area contributed by atoms with Gasteiger partial charge in [-0.25, -0.2) is 0 Å². The van der Waals surface area contributed by atoms with Crippen molar-refractivity contribution in [1.29, 1.82) is 0 Å². The molecule has 4 heteroatoms. The van der Waals surface area contributed by atoms with E-state index in [4.69, 9.17) is 4.74 Å². The van der Waals surface area contributed by atoms with E-state index < -0.39 is 0 Å². The van der Waals surface area contributed by atoms with E-state index in [0.717, 1.165) is 31.7 Å². The molecule has 5 atom stereocenters. The third-order valence-electron chi connectivity index (χ3n) is 8.62. The number of hydrogen-bond acceptors (Lipinski definition) is 4. The van der Waals surface area contributed by atoms with Crippen LogP contribution in [-0.4, -0.2) is 41.0 Å². The van der Waals surface area contributed by atoms with Crippen molar-refractivity contribution in [2.45, 2.75) is 69.4 Å². The molecule has 1 saturated heterocycles. The van der Waals surface area contributed by atoms with Crippen molar-refractivity contribution in [2.24, 2.45) is 17.8 Å². The zero-order chi connectivity index (χ0) is 18.3. The number of phenolic OH excluding ortho intramolecular Hbond substituents is 1. The number of likely N-dealkylation sites (tertiary alicyclic amines) is 1. The van der Waals surface area contributed by atoms with E-state index in [9.17, 15) is 9.90 Å². The Morgan fingerprint density at radius 2 is 2.15 bits per heavy atom. The molecular formula is C23H29NO3. The number of ether oxygens (including phenoxy) is 1. The van der Waals surface area contributed by atoms with E-state index >= 15 is 0 Å². The number of piperidine rings is 1. The highest BCUT2D eigenvalue weighted by Gasteiger charge is 2.67. The maximum atomic E-state index is 13.1. The van der Waals surface area contributed by atoms with Gasteiger partial charge in [0.1, 0.15) is 0 Å². The first-order valence-corrected chi connectivity index (χ1v) is 10.9. The van der Waals surface area contributed by atoms with E-state index in [1.165, 1.54) is 36.9 Å². The van der Waals surface area contributed by atoms with Gasteiger partial charge in [0, 0.05) is 30.0 Å². The molecule has 2 heterocycles. The van der Waals surface area contributed by atoms with Crippen molar-refractivity contribution in [3.8, 4) is 11.5 Å². The molecule has 0 radical (unpaired) electrons. The van der Waals surface area contributed by atoms with Crippen LogP contribution in [0, 0.1) is 17.8 Å². The molecule has 6 rings (SSSR count). The zero-order valence-electron chi connectivity index (χ0n) is 16.1. The molecule has 1 aromatic rings. The first-order chi connectivity index (χ1) is 13.1. The quantitative estimate of drug-likeness (QED) is 0.889. The Morgan fingerprint density at radius 3 is 2.89 bits per heavy atom. The normalized spacial score (nSPS) is 39.7. The average molecular weight is 367 g/mol. The van der Waals surface area contributed by atoms with Crippen molar-refractivity contribution in [1.82, 2.24) is 4.90 Å². The summed E-state index contributed by atoms with van der Waals surface area (Å²) in [7, 11) is 0. The fourth-order valence-electron chi connectivity index (χ4n) is 7.29. The molecule has 5 aliphatic rings. The highest BCUT2D eigenvalue weighted by Crippen LogP contribution is 2.64. The molecule has 0 amide bonds. The van der Waals surface area contributed by atoms with Crippen LogP contribution in [0.15, 0.2) is 12.1 Å². The predicted molar refractivity (Wildman–Crippen MR) is 102 cm³/mol. The number of rotatable bonds is 3. The number of aromatic hydroxyl groups is 1. The van der Waals surface area contributed by atoms with Crippen molar-refractivity contribution < 1.29 is 14.6 Å². The van der Waals surface area contributed by atoms with Gasteiger partial charge in [-0.05, 0) is 61.6 Å². The van der Waals surface area contributed by atoms with Crippen molar-refractivity contribution in [2.75, 3.05) is 13.1 Å². The Kier molecular flexibility index (Phi) is 3.34. The minimum atomic E-state index is -0.374. The van der Waals surface area contributed by atoms with Crippen molar-refractivity contribution in [3.63, 3.8) is 0 Å². The molecule has 3 aliphatic carbocycles. The van der Waals surface area contributed by atoms with Gasteiger partial charge in [0.2, 0.25) is 0 Å². The first kappa shape index (κ1) is 16.4. The monoisotopic (exact) mass is 367 g/mol. The van der Waals surface area contributed by atoms with Crippen LogP contribution >= 0.6 is 0 Å². The van der Waals surface area contributed by atoms with Gasteiger partial charge >= 0.3 is 0 Å². The topological polar surface area (TPSA) is 49.8 Å². The van der Waals surface area contributed by atoms with Crippen LogP contribution in [0.1, 0.15) is 56.6 Å². The Balaban J connectivity index is 1.51. The summed E-state index contributed by atoms with van der Waals surface area (Å²) < 4.78 is 6.25. The van der Waals surface area contributed by atoms with Gasteiger partial charge in [-0.15, -0.1) is 0 Å². The first-order valence-electron chi connectivity index (χ1n) is 10.9. The summed E-state index contributed by atoms with van der Waals surface area (Å²) >= 11 is 0. The summed E-state index contributed by atoms with van der Waals surface area (Å²) in [5.41, 5.74) is 2.32. The number of hydrogen-bond donors (Lipinski definition) is 1. The summed E-state index contributed by atoms with van der Waals surface area (Å²) in [6.45, 7) is 4.54. The number of benzene rings is 1. The van der Waals surface area contributed by atoms with E-state index in [1.807, 2.05) is 0 Å². The third kappa shape index (κ3) is 1.95. The molecule has 2 saturated carbocycles. The van der Waals surface area contributed by atoms with Gasteiger partial charge in [0.25, 0.3) is 0 Å². The summed E-state index contributed by atoms with van der Waals surface area (Å²) in [6, 6.07) is 4.39. The summed E-state index contributed by atoms with van der Waals surface area (Å²) in [4.78, 5) is 15.9. The number of ketones is 1. The predicted octanol–water partition coefficient (Wildman–Crippen LogP) is 3.44. The van der Waals surface area contributed by atoms with E-state index in [0.29, 0.717) is 30.0 Å². The summed E-state index contributed by atoms with van der Waals surface area (Å²) in [5, 5.41) is 10.5. The summed E-state index contributed by atoms with van der Waals surface area (Å²) in [6.07, 6.45) is 7.53. The third-order valence-corrected chi connectivity index (χ3v) is 8.62. The fraction of sp³-hybridized carbons (Fsp3) is 0.696. The van der Waals surface area contributed by atoms with E-state index in [-0.39, 0.29) is 23.1 Å². The van der Waals surface area contributed by atoms with Crippen LogP contribution < -0.4 is 4.74 Å². The number of Topliss-reactive ketones (excluding diaryl/α,β-unsaturated/α-hetero) is 1. The Labute approximate surface area is 160 Å². The Morgan fingerprint density at radius 1 is 1.30 bits per heavy atom. The van der Waals surface area contributed by atoms with Crippen LogP contribution in [-0.2, 0) is 16.6 Å². The Bertz CT molecular complexity index is 816. The molecule has 2 bridgehead atoms. The fourth-order valence-corrected chi connectivity index (χ4v) is 7.29. The lowest BCUT2D eigenvalue weighted by molar-refractivity contribution is -0.145. The minimum absolute atomic E-state index is 0.196. The Hall–Kier alpha value is -1.55. The zero-order valence-corrected chi connectivity index (χ0v) is 16.1. The minimum Gasteiger partial charge on any atom is -0.504 e. The van der Waals surface area contributed by atoms with E-state index in [1.54, 1.807) is 6.07 Å². The van der Waals surface area contributed by atoms with Crippen molar-refractivity contribution in [3.05, 3.63) is 23.3 Å². The lowest BCUT2D eigenvalue weighted by Crippen LogP contribution is -2.68. The maximum absolute atomic E-state index is 13.1. The van der Waals surface area contributed by atoms with Crippen LogP contribution in [0.25, 0.3) is 0 Å². The smallest absolute Gasteiger partial charge is 0.174 e. The summed E-state index contributed by atoms with van der Waals surface area (Å²) in [5.74, 6) is 2.89. The van der Waals surface area contributed by atoms with Crippen LogP contribution in [0.3, 0.4) is 0 Å². The van der Waals surface area contributed by atoms with Crippen LogP contribution in [0.4, 0.5) is 0 Å². The largest absolute Gasteiger partial charge is 0.504 e. The van der Waals surface area contributed by atoms with Gasteiger partial charge in [-0.2, -0.15) is 0 Å². The highest BCUT2D eigenvalue weighted by atomic mass is 16.5. The number of carbonyl (C=O) groups is 1. The molecule has 1 aromatic carbocycles. The van der Waals surface area contributed by atoms with Gasteiger partial charge in [-0.3, -0.25) is 9.69 Å². The second-order valence-electron chi connectivity index (χ2n) is 9.66. The number of phenols is 1. The van der Waals surface area contributed by atoms with Gasteiger partial charge < -0.3 is 9.84 Å². The molecule has 2 aliphatic heterocycles. The standard InChI is InChI=1S/C23H29NO3/c1-2-14-11-18(26)22-23-8-9-24(12-13-4-3-5-13)16(19(14)23)10-15-6-7-17(25)21(27-22)20(15)23/h6-7,13-14,16,19,22,25H,2-5,8-12H2,1H3/t14?,16-,19+,22?,23+/m1/s1. The molecule has 27 heavy (non-hydrogen) atoms. The van der Waals surface area contributed by atoms with Gasteiger partial charge in [-0.1, -0.05) is 25.8 Å². The molecule has 4 nitrogen and oxygen atoms in total. The van der Waals surface area contributed by atoms with Crippen LogP contribution in [0.2, 0.25) is 0 Å². The molecule has 144 valence electrons. The molecule has 1 N–H and O–H groups in total. The second kappa shape index (κ2) is 5.50. The highest BCUT2D eigenvalue weighted by molar-refractivity contribution is 5.89. The lowest BCUT2D eigenvalue weighted by atomic mass is 9.48. The second-order valence-corrected chi connectivity index (χ2v) is 9.66. The van der Waals surface area contributed by atoms with E-state index in [2.05, 4.69) is 17.9 Å².